The Morgan fingerprint density at radius 1 is 0.447 bits per heavy atom. The smallest absolute Gasteiger partial charge is 0.260 e. The topological polar surface area (TPSA) is 18.5 Å². The van der Waals surface area contributed by atoms with Gasteiger partial charge in [-0.05, 0) is 79.5 Å². The van der Waals surface area contributed by atoms with Crippen molar-refractivity contribution in [3.05, 3.63) is 175 Å². The molecule has 0 N–H and O–H groups in total. The van der Waals surface area contributed by atoms with E-state index >= 15 is 0 Å². The van der Waals surface area contributed by atoms with Gasteiger partial charge >= 0.3 is 0 Å². The maximum Gasteiger partial charge on any atom is 0.260 e. The summed E-state index contributed by atoms with van der Waals surface area (Å²) < 4.78 is 268. The van der Waals surface area contributed by atoms with Crippen molar-refractivity contribution in [3.8, 4) is 34.1 Å². The normalized spacial score (nSPS) is 21.0. The molecule has 0 aliphatic carbocycles. The van der Waals surface area contributed by atoms with Crippen LogP contribution < -0.4 is 46.6 Å². The Hall–Kier alpha value is -5.58. The molecule has 0 aromatic heterocycles. The molecule has 2 heterocycles. The summed E-state index contributed by atoms with van der Waals surface area (Å²) in [6.45, 7) is -0.333. The highest BCUT2D eigenvalue weighted by atomic mass is 28.3. The van der Waals surface area contributed by atoms with Crippen LogP contribution in [-0.4, -0.2) is 14.8 Å². The van der Waals surface area contributed by atoms with Gasteiger partial charge in [-0.2, -0.15) is 0 Å². The monoisotopic (exact) mass is 646 g/mol. The first-order valence-corrected chi connectivity index (χ1v) is 15.9. The average molecular weight is 647 g/mol. The second kappa shape index (κ2) is 11.0. The Kier molecular flexibility index (Phi) is 2.65. The largest absolute Gasteiger partial charge is 0.458 e. The van der Waals surface area contributed by atoms with Gasteiger partial charge in [-0.1, -0.05) is 145 Å². The van der Waals surface area contributed by atoms with E-state index in [-0.39, 0.29) is 22.0 Å². The van der Waals surface area contributed by atoms with E-state index in [9.17, 15) is 16.4 Å². The van der Waals surface area contributed by atoms with Gasteiger partial charge in [-0.25, -0.2) is 0 Å². The predicted molar refractivity (Wildman–Crippen MR) is 198 cm³/mol. The molecule has 0 atom stereocenters. The zero-order valence-corrected chi connectivity index (χ0v) is 24.9. The standard InChI is InChI=1S/C43H31BO2Si/c1-30-24-25-38-40(26-30)46-42-29-32(28-41-43(42)44(38)37-22-11-12-23-39(37)45-41)31-14-13-21-36(27-31)47(33-15-5-2-6-16-33,34-17-7-3-8-18-34)35-19-9-4-10-20-35/h2-29H,1H3/i2D,3D,4D,5D,6D,7D,8D,9D,10D,11D,12D,13D,14D,15D,16D,17D,18D,19D,20D,21D,22D,23D,24D,25D,26D,27D,28D,29D. The third-order valence-electron chi connectivity index (χ3n) is 7.73. The molecular formula is C43H31BO2Si. The van der Waals surface area contributed by atoms with Crippen molar-refractivity contribution in [2.24, 2.45) is 0 Å². The molecule has 0 spiro atoms. The summed E-state index contributed by atoms with van der Waals surface area (Å²) in [5.74, 6) is -2.52. The lowest BCUT2D eigenvalue weighted by atomic mass is 9.35. The second-order valence-corrected chi connectivity index (χ2v) is 13.8. The van der Waals surface area contributed by atoms with Gasteiger partial charge in [-0.3, -0.25) is 0 Å². The van der Waals surface area contributed by atoms with Gasteiger partial charge in [0.25, 0.3) is 6.71 Å². The molecule has 47 heavy (non-hydrogen) atoms. The number of rotatable bonds is 5. The summed E-state index contributed by atoms with van der Waals surface area (Å²) in [6, 6.07) is -29.8. The molecule has 2 aliphatic heterocycles. The van der Waals surface area contributed by atoms with Crippen LogP contribution in [0.4, 0.5) is 0 Å². The van der Waals surface area contributed by atoms with Crippen LogP contribution >= 0.6 is 0 Å². The van der Waals surface area contributed by atoms with Crippen LogP contribution in [0.25, 0.3) is 11.1 Å². The van der Waals surface area contributed by atoms with E-state index in [0.717, 1.165) is 0 Å². The van der Waals surface area contributed by atoms with Crippen LogP contribution in [0.5, 0.6) is 23.0 Å². The lowest BCUT2D eigenvalue weighted by Gasteiger charge is -2.35. The van der Waals surface area contributed by atoms with Crippen LogP contribution in [0.1, 0.15) is 43.9 Å². The molecular weight excluding hydrogens is 587 g/mol. The Balaban J connectivity index is 1.58. The van der Waals surface area contributed by atoms with Crippen LogP contribution in [0.15, 0.2) is 169 Å². The highest BCUT2D eigenvalue weighted by molar-refractivity contribution is 7.19. The lowest BCUT2D eigenvalue weighted by Crippen LogP contribution is -2.74. The molecule has 0 unspecified atom stereocenters. The average Bonchev–Trinajstić information content (AvgIpc) is 3.40. The second-order valence-electron chi connectivity index (χ2n) is 10.3. The van der Waals surface area contributed by atoms with E-state index in [1.54, 1.807) is 0 Å². The van der Waals surface area contributed by atoms with Crippen molar-refractivity contribution in [3.63, 3.8) is 0 Å². The Morgan fingerprint density at radius 3 is 1.62 bits per heavy atom. The first-order valence-electron chi connectivity index (χ1n) is 27.9. The Morgan fingerprint density at radius 2 is 0.979 bits per heavy atom. The van der Waals surface area contributed by atoms with Crippen molar-refractivity contribution in [1.29, 1.82) is 0 Å². The van der Waals surface area contributed by atoms with Crippen molar-refractivity contribution in [2.75, 3.05) is 0 Å². The summed E-state index contributed by atoms with van der Waals surface area (Å²) in [5.41, 5.74) is -3.11. The molecule has 0 bridgehead atoms. The summed E-state index contributed by atoms with van der Waals surface area (Å²) in [7, 11) is -6.37. The van der Waals surface area contributed by atoms with E-state index in [1.165, 1.54) is 6.92 Å². The third kappa shape index (κ3) is 4.40. The molecule has 0 amide bonds. The number of benzene rings is 7. The third-order valence-corrected chi connectivity index (χ3v) is 11.7. The molecule has 7 aromatic carbocycles. The number of ether oxygens (including phenoxy) is 2. The first-order chi connectivity index (χ1) is 34.9. The van der Waals surface area contributed by atoms with E-state index in [4.69, 9.17) is 31.4 Å². The Bertz CT molecular complexity index is 3510. The van der Waals surface area contributed by atoms with Gasteiger partial charge in [0.15, 0.2) is 8.07 Å². The zero-order chi connectivity index (χ0) is 55.7. The minimum atomic E-state index is -6.37. The quantitative estimate of drug-likeness (QED) is 0.175. The van der Waals surface area contributed by atoms with Crippen LogP contribution in [-0.2, 0) is 0 Å². The van der Waals surface area contributed by atoms with Gasteiger partial charge in [0.2, 0.25) is 0 Å². The minimum absolute atomic E-state index is 0.112. The molecule has 0 saturated carbocycles. The Labute approximate surface area is 316 Å². The number of fused-ring (bicyclic) bond motifs is 4. The molecule has 2 aliphatic rings. The zero-order valence-electron chi connectivity index (χ0n) is 51.9. The van der Waals surface area contributed by atoms with Gasteiger partial charge in [0.1, 0.15) is 23.0 Å². The molecule has 0 saturated heterocycles. The lowest BCUT2D eigenvalue weighted by molar-refractivity contribution is 0.464. The van der Waals surface area contributed by atoms with Gasteiger partial charge in [0.05, 0.1) is 38.4 Å². The fourth-order valence-corrected chi connectivity index (χ4v) is 9.33. The predicted octanol–water partition coefficient (Wildman–Crippen LogP) is 5.77. The van der Waals surface area contributed by atoms with Crippen LogP contribution in [0.2, 0.25) is 0 Å². The molecule has 0 radical (unpaired) electrons. The SMILES string of the molecule is [2H]c1c([2H])c([2H])c([Si](c2c([2H])c([2H])c([2H])c([2H])c2[2H])(c2c([2H])c([2H])c([2H])c([2H])c2[2H])c2c([2H])c([2H])c([2H])c(-c3c([2H])c4c5c(c3[2H])Oc3c([2H])c(C)c([2H])c([2H])c3B5c3c([2H])c([2H])c([2H])c([2H])c3O4)c2[2H])c([2H])c1[2H]. The van der Waals surface area contributed by atoms with Crippen LogP contribution in [0, 0.1) is 6.92 Å². The first kappa shape index (κ1) is 11.3. The summed E-state index contributed by atoms with van der Waals surface area (Å²) in [6.07, 6.45) is 0. The number of para-hydroxylation sites is 1. The molecule has 7 aromatic rings. The molecule has 4 heteroatoms. The summed E-state index contributed by atoms with van der Waals surface area (Å²) >= 11 is 0. The molecule has 2 nitrogen and oxygen atoms in total. The minimum Gasteiger partial charge on any atom is -0.458 e. The van der Waals surface area contributed by atoms with E-state index in [1.807, 2.05) is 0 Å². The van der Waals surface area contributed by atoms with E-state index in [0.29, 0.717) is 0 Å². The fraction of sp³-hybridized carbons (Fsp3) is 0.0233. The van der Waals surface area contributed by atoms with Gasteiger partial charge in [-0.15, -0.1) is 0 Å². The summed E-state index contributed by atoms with van der Waals surface area (Å²) in [5, 5.41) is -4.59. The van der Waals surface area contributed by atoms with Crippen molar-refractivity contribution in [2.45, 2.75) is 6.92 Å². The van der Waals surface area contributed by atoms with Crippen molar-refractivity contribution < 1.29 is 47.9 Å². The van der Waals surface area contributed by atoms with E-state index < -0.39 is 239 Å². The molecule has 222 valence electrons. The van der Waals surface area contributed by atoms with Crippen molar-refractivity contribution in [1.82, 2.24) is 0 Å². The van der Waals surface area contributed by atoms with Crippen molar-refractivity contribution >= 4 is 51.9 Å². The van der Waals surface area contributed by atoms with Crippen LogP contribution in [0.3, 0.4) is 0 Å². The fourth-order valence-electron chi connectivity index (χ4n) is 5.77. The van der Waals surface area contributed by atoms with E-state index in [2.05, 4.69) is 0 Å². The highest BCUT2D eigenvalue weighted by Gasteiger charge is 2.42. The summed E-state index contributed by atoms with van der Waals surface area (Å²) in [4.78, 5) is 0. The van der Waals surface area contributed by atoms with Gasteiger partial charge < -0.3 is 9.47 Å². The highest BCUT2D eigenvalue weighted by Crippen LogP contribution is 2.38. The maximum absolute atomic E-state index is 10.2. The maximum atomic E-state index is 10.2. The number of hydrogen-bond acceptors (Lipinski definition) is 2. The molecule has 9 rings (SSSR count). The molecule has 0 fully saturated rings. The van der Waals surface area contributed by atoms with Gasteiger partial charge in [0, 0.05) is 5.46 Å². The number of hydrogen-bond donors (Lipinski definition) is 0.